The second kappa shape index (κ2) is 11.2. The molecular weight excluding hydrogens is 464 g/mol. The Balaban J connectivity index is 0.000000687. The van der Waals surface area contributed by atoms with E-state index in [1.165, 1.54) is 0 Å². The van der Waals surface area contributed by atoms with Crippen LogP contribution in [0.25, 0.3) is 0 Å². The molecule has 1 N–H and O–H groups in total. The number of nitrogens with zero attached hydrogens (tertiary/aromatic N) is 3. The molecule has 11 heteroatoms. The minimum Gasteiger partial charge on any atom is -0.365 e. The van der Waals surface area contributed by atoms with Crippen molar-refractivity contribution in [1.82, 2.24) is 9.55 Å². The van der Waals surface area contributed by atoms with Gasteiger partial charge in [-0.1, -0.05) is 64.6 Å². The molecule has 1 heterocycles. The summed E-state index contributed by atoms with van der Waals surface area (Å²) >= 11 is 25.1. The van der Waals surface area contributed by atoms with Crippen molar-refractivity contribution in [2.45, 2.75) is 18.2 Å². The van der Waals surface area contributed by atoms with E-state index in [-0.39, 0.29) is 6.61 Å². The molecule has 2 aromatic carbocycles. The highest BCUT2D eigenvalue weighted by atomic mass is 35.5. The molecule has 0 spiro atoms. The Morgan fingerprint density at radius 2 is 1.72 bits per heavy atom. The first-order chi connectivity index (χ1) is 13.8. The lowest BCUT2D eigenvalue weighted by Crippen LogP contribution is -2.15. The van der Waals surface area contributed by atoms with Crippen LogP contribution in [0.3, 0.4) is 0 Å². The van der Waals surface area contributed by atoms with Gasteiger partial charge in [0.1, 0.15) is 11.6 Å². The van der Waals surface area contributed by atoms with E-state index in [1.54, 1.807) is 53.6 Å². The number of ether oxygens (including phenoxy) is 1. The van der Waals surface area contributed by atoms with Crippen LogP contribution in [0.15, 0.2) is 61.2 Å². The topological polar surface area (TPSA) is 90.4 Å². The van der Waals surface area contributed by atoms with Gasteiger partial charge in [-0.15, -0.1) is 10.1 Å². The second-order valence-electron chi connectivity index (χ2n) is 5.60. The molecule has 2 unspecified atom stereocenters. The van der Waals surface area contributed by atoms with E-state index in [2.05, 4.69) is 4.98 Å². The van der Waals surface area contributed by atoms with Crippen molar-refractivity contribution in [3.05, 3.63) is 97.5 Å². The maximum atomic E-state index is 8.36. The van der Waals surface area contributed by atoms with Crippen LogP contribution in [0.4, 0.5) is 0 Å². The number of halogens is 4. The minimum absolute atomic E-state index is 0.226. The third-order valence-electron chi connectivity index (χ3n) is 3.73. The summed E-state index contributed by atoms with van der Waals surface area (Å²) in [6, 6.07) is 12.7. The molecule has 154 valence electrons. The van der Waals surface area contributed by atoms with Crippen molar-refractivity contribution in [3.63, 3.8) is 0 Å². The van der Waals surface area contributed by atoms with E-state index in [4.69, 9.17) is 66.5 Å². The lowest BCUT2D eigenvalue weighted by Gasteiger charge is -2.24. The fourth-order valence-electron chi connectivity index (χ4n) is 2.40. The number of aromatic nitrogens is 2. The molecule has 0 saturated carbocycles. The molecule has 3 rings (SSSR count). The van der Waals surface area contributed by atoms with Crippen LogP contribution < -0.4 is 0 Å². The lowest BCUT2D eigenvalue weighted by molar-refractivity contribution is -0.742. The van der Waals surface area contributed by atoms with E-state index >= 15 is 0 Å². The van der Waals surface area contributed by atoms with Crippen LogP contribution in [0.5, 0.6) is 0 Å². The number of hydrogen-bond donors (Lipinski definition) is 1. The Bertz CT molecular complexity index is 899. The van der Waals surface area contributed by atoms with Gasteiger partial charge in [-0.3, -0.25) is 0 Å². The average Bonchev–Trinajstić information content (AvgIpc) is 3.19. The summed E-state index contributed by atoms with van der Waals surface area (Å²) in [6.07, 6.45) is 4.65. The van der Waals surface area contributed by atoms with E-state index in [0.717, 1.165) is 11.1 Å². The van der Waals surface area contributed by atoms with E-state index in [9.17, 15) is 0 Å². The highest BCUT2D eigenvalue weighted by molar-refractivity contribution is 6.36. The van der Waals surface area contributed by atoms with Gasteiger partial charge in [-0.2, -0.15) is 0 Å². The molecule has 2 atom stereocenters. The summed E-state index contributed by atoms with van der Waals surface area (Å²) in [5.41, 5.74) is 1.12. The molecule has 0 fully saturated rings. The monoisotopic (exact) mass is 477 g/mol. The summed E-state index contributed by atoms with van der Waals surface area (Å²) in [5.74, 6) is 0. The highest BCUT2D eigenvalue weighted by Gasteiger charge is 2.24. The van der Waals surface area contributed by atoms with Crippen molar-refractivity contribution < 1.29 is 15.0 Å². The maximum Gasteiger partial charge on any atom is 0.291 e. The third kappa shape index (κ3) is 7.06. The summed E-state index contributed by atoms with van der Waals surface area (Å²) in [4.78, 5) is 12.4. The van der Waals surface area contributed by atoms with E-state index in [0.29, 0.717) is 15.1 Å². The van der Waals surface area contributed by atoms with Gasteiger partial charge in [-0.05, 0) is 29.8 Å². The molecule has 0 aliphatic carbocycles. The smallest absolute Gasteiger partial charge is 0.291 e. The Morgan fingerprint density at radius 3 is 2.24 bits per heavy atom. The van der Waals surface area contributed by atoms with Gasteiger partial charge in [0.25, 0.3) is 5.09 Å². The van der Waals surface area contributed by atoms with Crippen LogP contribution in [-0.2, 0) is 11.3 Å². The van der Waals surface area contributed by atoms with Crippen molar-refractivity contribution in [1.29, 1.82) is 0 Å². The zero-order chi connectivity index (χ0) is 21.4. The van der Waals surface area contributed by atoms with Crippen molar-refractivity contribution in [2.24, 2.45) is 0 Å². The van der Waals surface area contributed by atoms with Gasteiger partial charge < -0.3 is 14.5 Å². The summed E-state index contributed by atoms with van der Waals surface area (Å²) in [7, 11) is 0. The van der Waals surface area contributed by atoms with Crippen LogP contribution in [0, 0.1) is 10.1 Å². The second-order valence-corrected chi connectivity index (χ2v) is 7.30. The molecule has 0 aliphatic heterocycles. The van der Waals surface area contributed by atoms with Gasteiger partial charge in [0.05, 0.1) is 12.9 Å². The van der Waals surface area contributed by atoms with Gasteiger partial charge in [0.15, 0.2) is 0 Å². The van der Waals surface area contributed by atoms with Crippen LogP contribution in [0.2, 0.25) is 15.1 Å². The van der Waals surface area contributed by atoms with Crippen LogP contribution in [-0.4, -0.2) is 19.8 Å². The first-order valence-electron chi connectivity index (χ1n) is 8.04. The number of benzene rings is 2. The predicted octanol–water partition coefficient (Wildman–Crippen LogP) is 6.19. The average molecular weight is 479 g/mol. The molecule has 7 nitrogen and oxygen atoms in total. The quantitative estimate of drug-likeness (QED) is 0.259. The minimum atomic E-state index is -1.50. The number of alkyl halides is 1. The number of hydrogen-bond acceptors (Lipinski definition) is 4. The maximum absolute atomic E-state index is 8.36. The Morgan fingerprint density at radius 1 is 1.14 bits per heavy atom. The fourth-order valence-corrected chi connectivity index (χ4v) is 3.37. The van der Waals surface area contributed by atoms with Gasteiger partial charge >= 0.3 is 0 Å². The van der Waals surface area contributed by atoms with E-state index in [1.807, 2.05) is 12.1 Å². The van der Waals surface area contributed by atoms with Crippen molar-refractivity contribution in [3.8, 4) is 0 Å². The highest BCUT2D eigenvalue weighted by Crippen LogP contribution is 2.36. The number of imidazole rings is 1. The Labute approximate surface area is 186 Å². The summed E-state index contributed by atoms with van der Waals surface area (Å²) in [6.45, 7) is 0.226. The zero-order valence-electron chi connectivity index (χ0n) is 14.7. The van der Waals surface area contributed by atoms with Crippen molar-refractivity contribution in [2.75, 3.05) is 0 Å². The Kier molecular flexibility index (Phi) is 9.00. The molecular formula is C18H15Cl4N3O4. The molecule has 0 saturated heterocycles. The standard InChI is InChI=1S/C18H14Cl4N2O.HNO3/c19-13-6-4-12(5-7-13)17(18(22)24-9-8-23-11-24)25-10-14-15(20)2-1-3-16(14)21;2-1(3)4/h1-9,11,17-18H,10H2;(H,2,3,4). The molecule has 0 bridgehead atoms. The lowest BCUT2D eigenvalue weighted by atomic mass is 10.1. The predicted molar refractivity (Wildman–Crippen MR) is 111 cm³/mol. The van der Waals surface area contributed by atoms with Gasteiger partial charge in [0, 0.05) is 33.0 Å². The molecule has 1 aromatic heterocycles. The zero-order valence-corrected chi connectivity index (χ0v) is 17.7. The first-order valence-corrected chi connectivity index (χ1v) is 9.61. The van der Waals surface area contributed by atoms with Gasteiger partial charge in [0.2, 0.25) is 0 Å². The summed E-state index contributed by atoms with van der Waals surface area (Å²) in [5, 5.41) is 15.4. The third-order valence-corrected chi connectivity index (χ3v) is 5.14. The van der Waals surface area contributed by atoms with E-state index < -0.39 is 16.7 Å². The van der Waals surface area contributed by atoms with Crippen LogP contribution >= 0.6 is 46.4 Å². The molecule has 0 aliphatic rings. The largest absolute Gasteiger partial charge is 0.365 e. The normalized spacial score (nSPS) is 12.6. The van der Waals surface area contributed by atoms with Crippen molar-refractivity contribution >= 4 is 46.4 Å². The molecule has 0 radical (unpaired) electrons. The van der Waals surface area contributed by atoms with Gasteiger partial charge in [-0.25, -0.2) is 4.98 Å². The molecule has 29 heavy (non-hydrogen) atoms. The fraction of sp³-hybridized carbons (Fsp3) is 0.167. The first kappa shape index (κ1) is 23.3. The SMILES string of the molecule is Clc1ccc(C(OCc2c(Cl)cccc2Cl)C(Cl)n2ccnc2)cc1.O=[N+]([O-])O. The summed E-state index contributed by atoms with van der Waals surface area (Å²) < 4.78 is 7.88. The molecule has 0 amide bonds. The van der Waals surface area contributed by atoms with Crippen LogP contribution in [0.1, 0.15) is 22.7 Å². The molecule has 3 aromatic rings. The Hall–Kier alpha value is -2.03. The number of rotatable bonds is 6.